The Kier molecular flexibility index (Phi) is 5.04. The summed E-state index contributed by atoms with van der Waals surface area (Å²) in [7, 11) is 0. The molecule has 0 unspecified atom stereocenters. The van der Waals surface area contributed by atoms with E-state index in [2.05, 4.69) is 5.32 Å². The number of carbonyl (C=O) groups excluding carboxylic acids is 2. The minimum absolute atomic E-state index is 0.0335. The second-order valence-electron chi connectivity index (χ2n) is 7.62. The number of hydrogen-bond donors (Lipinski definition) is 1. The topological polar surface area (TPSA) is 67.9 Å². The number of nitrogens with one attached hydrogen (secondary N) is 1. The van der Waals surface area contributed by atoms with Gasteiger partial charge in [0.05, 0.1) is 6.04 Å². The molecule has 3 aromatic rings. The highest BCUT2D eigenvalue weighted by Crippen LogP contribution is 2.37. The molecule has 0 bridgehead atoms. The molecule has 0 spiro atoms. The van der Waals surface area contributed by atoms with Gasteiger partial charge in [-0.1, -0.05) is 66.7 Å². The summed E-state index contributed by atoms with van der Waals surface area (Å²) in [5.41, 5.74) is 2.65. The molecule has 2 heterocycles. The first kappa shape index (κ1) is 19.2. The Morgan fingerprint density at radius 3 is 2.06 bits per heavy atom. The maximum absolute atomic E-state index is 13.6. The van der Waals surface area contributed by atoms with Gasteiger partial charge in [-0.15, -0.1) is 0 Å². The third-order valence-electron chi connectivity index (χ3n) is 5.71. The molecular formula is C25H22N2O4. The van der Waals surface area contributed by atoms with Crippen LogP contribution in [0.25, 0.3) is 0 Å². The van der Waals surface area contributed by atoms with Crippen molar-refractivity contribution in [3.05, 3.63) is 95.6 Å². The number of nitrogens with zero attached hydrogens (tertiary/aromatic N) is 1. The summed E-state index contributed by atoms with van der Waals surface area (Å²) in [5.74, 6) is 0.966. The maximum Gasteiger partial charge on any atom is 0.248 e. The van der Waals surface area contributed by atoms with E-state index in [4.69, 9.17) is 9.47 Å². The van der Waals surface area contributed by atoms with E-state index in [1.165, 1.54) is 0 Å². The van der Waals surface area contributed by atoms with Crippen LogP contribution in [0, 0.1) is 0 Å². The number of likely N-dealkylation sites (tertiary alicyclic amines) is 1. The van der Waals surface area contributed by atoms with Crippen molar-refractivity contribution in [2.24, 2.45) is 0 Å². The first-order chi connectivity index (χ1) is 15.2. The summed E-state index contributed by atoms with van der Waals surface area (Å²) in [5, 5.41) is 3.18. The number of hydrogen-bond acceptors (Lipinski definition) is 4. The lowest BCUT2D eigenvalue weighted by Gasteiger charge is -2.38. The Labute approximate surface area is 180 Å². The van der Waals surface area contributed by atoms with Crippen LogP contribution >= 0.6 is 0 Å². The zero-order chi connectivity index (χ0) is 21.2. The molecule has 1 fully saturated rings. The van der Waals surface area contributed by atoms with Gasteiger partial charge >= 0.3 is 0 Å². The highest BCUT2D eigenvalue weighted by molar-refractivity contribution is 5.91. The van der Waals surface area contributed by atoms with Crippen molar-refractivity contribution in [1.29, 1.82) is 0 Å². The van der Waals surface area contributed by atoms with Crippen LogP contribution in [0.4, 0.5) is 0 Å². The van der Waals surface area contributed by atoms with Crippen molar-refractivity contribution in [2.45, 2.75) is 18.5 Å². The molecule has 1 atom stereocenters. The van der Waals surface area contributed by atoms with Gasteiger partial charge in [0, 0.05) is 13.0 Å². The lowest BCUT2D eigenvalue weighted by Crippen LogP contribution is -2.51. The van der Waals surface area contributed by atoms with Gasteiger partial charge in [-0.2, -0.15) is 0 Å². The SMILES string of the molecule is O=C(NC(c1ccccc1)c1ccccc1)[C@H](c1ccc2c(c1)OCO2)N1CCC1=O. The standard InChI is InChI=1S/C25H22N2O4/c28-22-13-14-27(22)24(19-11-12-20-21(15-19)31-16-30-20)25(29)26-23(17-7-3-1-4-8-17)18-9-5-2-6-10-18/h1-12,15,23-24H,13-14,16H2,(H,26,29)/t24-/m0/s1. The van der Waals surface area contributed by atoms with Gasteiger partial charge in [0.25, 0.3) is 0 Å². The zero-order valence-electron chi connectivity index (χ0n) is 16.9. The van der Waals surface area contributed by atoms with E-state index in [1.807, 2.05) is 66.7 Å². The van der Waals surface area contributed by atoms with Crippen molar-refractivity contribution < 1.29 is 19.1 Å². The number of β-lactam (4-membered cyclic amide) rings is 1. The van der Waals surface area contributed by atoms with Gasteiger partial charge in [0.15, 0.2) is 11.5 Å². The van der Waals surface area contributed by atoms with E-state index >= 15 is 0 Å². The highest BCUT2D eigenvalue weighted by atomic mass is 16.7. The van der Waals surface area contributed by atoms with Crippen LogP contribution in [0.5, 0.6) is 11.5 Å². The molecule has 6 heteroatoms. The van der Waals surface area contributed by atoms with Gasteiger partial charge in [0.1, 0.15) is 6.04 Å². The molecule has 5 rings (SSSR count). The molecule has 1 N–H and O–H groups in total. The number of ether oxygens (including phenoxy) is 2. The first-order valence-corrected chi connectivity index (χ1v) is 10.3. The molecule has 3 aromatic carbocycles. The van der Waals surface area contributed by atoms with E-state index in [-0.39, 0.29) is 24.6 Å². The van der Waals surface area contributed by atoms with Crippen LogP contribution in [-0.2, 0) is 9.59 Å². The molecule has 1 saturated heterocycles. The summed E-state index contributed by atoms with van der Waals surface area (Å²) in [6.07, 6.45) is 0.454. The van der Waals surface area contributed by atoms with Crippen LogP contribution < -0.4 is 14.8 Å². The van der Waals surface area contributed by atoms with E-state index in [1.54, 1.807) is 17.0 Å². The van der Waals surface area contributed by atoms with Crippen molar-refractivity contribution in [3.8, 4) is 11.5 Å². The molecule has 2 amide bonds. The molecule has 0 aliphatic carbocycles. The van der Waals surface area contributed by atoms with Crippen LogP contribution in [0.15, 0.2) is 78.9 Å². The third-order valence-corrected chi connectivity index (χ3v) is 5.71. The molecule has 156 valence electrons. The minimum atomic E-state index is -0.731. The lowest BCUT2D eigenvalue weighted by molar-refractivity contribution is -0.149. The molecule has 2 aliphatic rings. The molecule has 0 radical (unpaired) electrons. The van der Waals surface area contributed by atoms with E-state index in [9.17, 15) is 9.59 Å². The van der Waals surface area contributed by atoms with Crippen molar-refractivity contribution in [1.82, 2.24) is 10.2 Å². The quantitative estimate of drug-likeness (QED) is 0.626. The van der Waals surface area contributed by atoms with Crippen molar-refractivity contribution >= 4 is 11.8 Å². The summed E-state index contributed by atoms with van der Waals surface area (Å²) in [4.78, 5) is 27.5. The number of fused-ring (bicyclic) bond motifs is 1. The average Bonchev–Trinajstić information content (AvgIpc) is 3.28. The Balaban J connectivity index is 1.49. The Morgan fingerprint density at radius 2 is 1.48 bits per heavy atom. The fourth-order valence-electron chi connectivity index (χ4n) is 4.03. The number of rotatable bonds is 6. The Hall–Kier alpha value is -3.80. The van der Waals surface area contributed by atoms with Gasteiger partial charge in [-0.25, -0.2) is 0 Å². The molecule has 0 saturated carbocycles. The summed E-state index contributed by atoms with van der Waals surface area (Å²) in [6, 6.07) is 24.0. The van der Waals surface area contributed by atoms with Gasteiger partial charge < -0.3 is 19.7 Å². The van der Waals surface area contributed by atoms with Crippen LogP contribution in [0.1, 0.15) is 35.2 Å². The van der Waals surface area contributed by atoms with Crippen LogP contribution in [0.3, 0.4) is 0 Å². The minimum Gasteiger partial charge on any atom is -0.454 e. The second kappa shape index (κ2) is 8.14. The van der Waals surface area contributed by atoms with E-state index < -0.39 is 6.04 Å². The van der Waals surface area contributed by atoms with Crippen LogP contribution in [-0.4, -0.2) is 30.1 Å². The highest BCUT2D eigenvalue weighted by Gasteiger charge is 2.38. The Bertz CT molecular complexity index is 1060. The molecule has 0 aromatic heterocycles. The maximum atomic E-state index is 13.6. The number of carbonyl (C=O) groups is 2. The molecule has 2 aliphatic heterocycles. The predicted octanol–water partition coefficient (Wildman–Crippen LogP) is 3.59. The fraction of sp³-hybridized carbons (Fsp3) is 0.200. The molecule has 6 nitrogen and oxygen atoms in total. The summed E-state index contributed by atoms with van der Waals surface area (Å²) < 4.78 is 10.9. The smallest absolute Gasteiger partial charge is 0.248 e. The van der Waals surface area contributed by atoms with E-state index in [0.29, 0.717) is 30.0 Å². The average molecular weight is 414 g/mol. The van der Waals surface area contributed by atoms with Crippen LogP contribution in [0.2, 0.25) is 0 Å². The normalized spacial score (nSPS) is 15.5. The Morgan fingerprint density at radius 1 is 0.839 bits per heavy atom. The third kappa shape index (κ3) is 3.72. The van der Waals surface area contributed by atoms with Gasteiger partial charge in [-0.3, -0.25) is 9.59 Å². The van der Waals surface area contributed by atoms with Gasteiger partial charge in [0.2, 0.25) is 18.6 Å². The van der Waals surface area contributed by atoms with Gasteiger partial charge in [-0.05, 0) is 28.8 Å². The number of benzene rings is 3. The lowest BCUT2D eigenvalue weighted by atomic mass is 9.96. The van der Waals surface area contributed by atoms with E-state index in [0.717, 1.165) is 11.1 Å². The van der Waals surface area contributed by atoms with Crippen molar-refractivity contribution in [2.75, 3.05) is 13.3 Å². The summed E-state index contributed by atoms with van der Waals surface area (Å²) in [6.45, 7) is 0.703. The molecule has 31 heavy (non-hydrogen) atoms. The fourth-order valence-corrected chi connectivity index (χ4v) is 4.03. The summed E-state index contributed by atoms with van der Waals surface area (Å²) >= 11 is 0. The predicted molar refractivity (Wildman–Crippen MR) is 115 cm³/mol. The zero-order valence-corrected chi connectivity index (χ0v) is 16.9. The monoisotopic (exact) mass is 414 g/mol. The second-order valence-corrected chi connectivity index (χ2v) is 7.62. The first-order valence-electron chi connectivity index (χ1n) is 10.3. The largest absolute Gasteiger partial charge is 0.454 e. The molecular weight excluding hydrogens is 392 g/mol. The van der Waals surface area contributed by atoms with Crippen molar-refractivity contribution in [3.63, 3.8) is 0 Å². The number of amides is 2.